The summed E-state index contributed by atoms with van der Waals surface area (Å²) in [5.41, 5.74) is 18.9. The summed E-state index contributed by atoms with van der Waals surface area (Å²) < 4.78 is 9.42. The number of rotatable bonds is 2. The Kier molecular flexibility index (Phi) is 5.19. The van der Waals surface area contributed by atoms with E-state index in [2.05, 4.69) is 158 Å². The van der Waals surface area contributed by atoms with E-state index < -0.39 is 0 Å². The molecule has 9 aromatic rings. The Labute approximate surface area is 295 Å². The monoisotopic (exact) mass is 651 g/mol. The second-order valence-corrected chi connectivity index (χ2v) is 15.1. The average Bonchev–Trinajstić information content (AvgIpc) is 3.89. The number of hydrogen-bond donors (Lipinski definition) is 0. The van der Waals surface area contributed by atoms with Crippen molar-refractivity contribution in [2.24, 2.45) is 0 Å². The summed E-state index contributed by atoms with van der Waals surface area (Å²) >= 11 is 0. The van der Waals surface area contributed by atoms with Gasteiger partial charge in [0.2, 0.25) is 0 Å². The first-order valence-electron chi connectivity index (χ1n) is 18.2. The van der Waals surface area contributed by atoms with Gasteiger partial charge in [0.15, 0.2) is 5.58 Å². The molecular formula is C49H33NO. The number of hydrogen-bond acceptors (Lipinski definition) is 1. The largest absolute Gasteiger partial charge is 0.454 e. The summed E-state index contributed by atoms with van der Waals surface area (Å²) in [4.78, 5) is 0. The third-order valence-corrected chi connectivity index (χ3v) is 12.2. The topological polar surface area (TPSA) is 18.1 Å². The van der Waals surface area contributed by atoms with Gasteiger partial charge in [0.05, 0.1) is 11.0 Å². The molecule has 0 saturated heterocycles. The van der Waals surface area contributed by atoms with Gasteiger partial charge in [-0.05, 0) is 98.0 Å². The van der Waals surface area contributed by atoms with Gasteiger partial charge in [-0.2, -0.15) is 0 Å². The van der Waals surface area contributed by atoms with Crippen LogP contribution in [-0.2, 0) is 5.41 Å². The molecule has 7 aromatic carbocycles. The van der Waals surface area contributed by atoms with E-state index in [-0.39, 0.29) is 5.41 Å². The average molecular weight is 652 g/mol. The minimum absolute atomic E-state index is 0.103. The molecule has 2 aromatic heterocycles. The Bertz CT molecular complexity index is 3060. The van der Waals surface area contributed by atoms with Crippen LogP contribution in [0.2, 0.25) is 0 Å². The lowest BCUT2D eigenvalue weighted by Crippen LogP contribution is -2.18. The molecule has 0 unspecified atom stereocenters. The molecule has 240 valence electrons. The molecule has 0 radical (unpaired) electrons. The highest BCUT2D eigenvalue weighted by atomic mass is 16.3. The molecule has 2 heteroatoms. The number of nitrogens with zero attached hydrogens (tertiary/aromatic N) is 1. The Balaban J connectivity index is 1.14. The van der Waals surface area contributed by atoms with Crippen molar-refractivity contribution in [2.45, 2.75) is 32.1 Å². The summed E-state index contributed by atoms with van der Waals surface area (Å²) in [6.07, 6.45) is 6.93. The van der Waals surface area contributed by atoms with Crippen molar-refractivity contribution in [1.82, 2.24) is 4.57 Å². The van der Waals surface area contributed by atoms with Crippen LogP contribution in [0.5, 0.6) is 0 Å². The molecule has 0 bridgehead atoms. The van der Waals surface area contributed by atoms with Gasteiger partial charge in [0, 0.05) is 32.6 Å². The first-order chi connectivity index (χ1) is 25.1. The molecule has 0 fully saturated rings. The van der Waals surface area contributed by atoms with E-state index in [1.165, 1.54) is 87.9 Å². The quantitative estimate of drug-likeness (QED) is 0.182. The van der Waals surface area contributed by atoms with Gasteiger partial charge in [0.25, 0.3) is 0 Å². The molecule has 3 aliphatic rings. The minimum Gasteiger partial charge on any atom is -0.454 e. The van der Waals surface area contributed by atoms with Crippen LogP contribution in [0, 0.1) is 0 Å². The molecular weight excluding hydrogens is 619 g/mol. The lowest BCUT2D eigenvalue weighted by Gasteiger charge is -2.26. The van der Waals surface area contributed by atoms with Crippen molar-refractivity contribution >= 4 is 60.1 Å². The van der Waals surface area contributed by atoms with Crippen LogP contribution < -0.4 is 0 Å². The Hall–Kier alpha value is -6.12. The zero-order valence-electron chi connectivity index (χ0n) is 28.5. The summed E-state index contributed by atoms with van der Waals surface area (Å²) in [5.74, 6) is 0. The number of benzene rings is 7. The zero-order valence-corrected chi connectivity index (χ0v) is 28.5. The van der Waals surface area contributed by atoms with Gasteiger partial charge in [-0.1, -0.05) is 135 Å². The van der Waals surface area contributed by atoms with Crippen molar-refractivity contribution in [1.29, 1.82) is 0 Å². The summed E-state index contributed by atoms with van der Waals surface area (Å²) in [6, 6.07) is 47.0. The number of para-hydroxylation sites is 2. The summed E-state index contributed by atoms with van der Waals surface area (Å²) in [7, 11) is 0. The predicted octanol–water partition coefficient (Wildman–Crippen LogP) is 13.5. The van der Waals surface area contributed by atoms with Crippen molar-refractivity contribution < 1.29 is 4.42 Å². The van der Waals surface area contributed by atoms with Crippen LogP contribution in [0.4, 0.5) is 0 Å². The van der Waals surface area contributed by atoms with E-state index in [4.69, 9.17) is 4.42 Å². The maximum Gasteiger partial charge on any atom is 0.160 e. The molecule has 2 nitrogen and oxygen atoms in total. The number of fused-ring (bicyclic) bond motifs is 14. The van der Waals surface area contributed by atoms with Gasteiger partial charge >= 0.3 is 0 Å². The van der Waals surface area contributed by atoms with Gasteiger partial charge in [0.1, 0.15) is 5.58 Å². The highest BCUT2D eigenvalue weighted by Gasteiger charge is 2.42. The van der Waals surface area contributed by atoms with Gasteiger partial charge < -0.3 is 8.98 Å². The van der Waals surface area contributed by atoms with E-state index in [9.17, 15) is 0 Å². The fraction of sp³-hybridized carbons (Fsp3) is 0.102. The van der Waals surface area contributed by atoms with Crippen LogP contribution in [0.15, 0.2) is 150 Å². The number of allylic oxidation sites excluding steroid dienone is 4. The number of furan rings is 1. The SMILES string of the molecule is CC1(C)C2=C(C=CCC2)c2c1c1c3ccccc3n(-c3ccc(-c4ccc5c6c(cccc46)-c4ccccc4-5)cc3)c1c1oc3ccccc3c21. The highest BCUT2D eigenvalue weighted by molar-refractivity contribution is 6.28. The van der Waals surface area contributed by atoms with Crippen molar-refractivity contribution in [3.05, 3.63) is 156 Å². The lowest BCUT2D eigenvalue weighted by molar-refractivity contribution is 0.612. The summed E-state index contributed by atoms with van der Waals surface area (Å²) in [6.45, 7) is 4.89. The van der Waals surface area contributed by atoms with Crippen molar-refractivity contribution in [2.75, 3.05) is 0 Å². The maximum absolute atomic E-state index is 6.96. The van der Waals surface area contributed by atoms with Crippen LogP contribution in [0.3, 0.4) is 0 Å². The Morgan fingerprint density at radius 3 is 2.12 bits per heavy atom. The second-order valence-electron chi connectivity index (χ2n) is 15.1. The standard InChI is InChI=1S/C49H33NO/c1-49(2)39-19-8-5-14-36(39)43-44-38-16-7-10-21-41(38)51-48(44)47-45(46(43)49)37-15-6-9-20-40(37)50(47)29-24-22-28(23-25-29)30-26-27-35-32-13-4-3-12-31(32)34-18-11-17-33(30)42(34)35/h3-7,9-18,20-27H,8,19H2,1-2H3. The molecule has 0 saturated carbocycles. The fourth-order valence-electron chi connectivity index (χ4n) is 10.1. The minimum atomic E-state index is -0.103. The van der Waals surface area contributed by atoms with Gasteiger partial charge in [-0.25, -0.2) is 0 Å². The van der Waals surface area contributed by atoms with Crippen LogP contribution in [0.25, 0.3) is 99.2 Å². The van der Waals surface area contributed by atoms with Crippen LogP contribution >= 0.6 is 0 Å². The van der Waals surface area contributed by atoms with Crippen molar-refractivity contribution in [3.8, 4) is 39.1 Å². The molecule has 0 amide bonds. The van der Waals surface area contributed by atoms with Gasteiger partial charge in [-0.15, -0.1) is 0 Å². The third kappa shape index (κ3) is 3.38. The highest BCUT2D eigenvalue weighted by Crippen LogP contribution is 2.58. The molecule has 3 aliphatic carbocycles. The van der Waals surface area contributed by atoms with Crippen LogP contribution in [-0.4, -0.2) is 4.57 Å². The summed E-state index contributed by atoms with van der Waals surface area (Å²) in [5, 5.41) is 7.69. The molecule has 0 aliphatic heterocycles. The second kappa shape index (κ2) is 9.56. The first kappa shape index (κ1) is 27.7. The molecule has 51 heavy (non-hydrogen) atoms. The molecule has 0 atom stereocenters. The Morgan fingerprint density at radius 2 is 1.27 bits per heavy atom. The normalized spacial score (nSPS) is 15.5. The molecule has 0 spiro atoms. The molecule has 12 rings (SSSR count). The third-order valence-electron chi connectivity index (χ3n) is 12.2. The molecule has 2 heterocycles. The van der Waals surface area contributed by atoms with E-state index >= 15 is 0 Å². The van der Waals surface area contributed by atoms with E-state index in [1.807, 2.05) is 0 Å². The first-order valence-corrected chi connectivity index (χ1v) is 18.2. The fourth-order valence-corrected chi connectivity index (χ4v) is 10.1. The van der Waals surface area contributed by atoms with E-state index in [0.29, 0.717) is 0 Å². The molecule has 0 N–H and O–H groups in total. The van der Waals surface area contributed by atoms with E-state index in [0.717, 1.165) is 35.2 Å². The van der Waals surface area contributed by atoms with Crippen LogP contribution in [0.1, 0.15) is 37.8 Å². The zero-order chi connectivity index (χ0) is 33.6. The number of aromatic nitrogens is 1. The smallest absolute Gasteiger partial charge is 0.160 e. The predicted molar refractivity (Wildman–Crippen MR) is 214 cm³/mol. The Morgan fingerprint density at radius 1 is 0.588 bits per heavy atom. The van der Waals surface area contributed by atoms with Crippen molar-refractivity contribution in [3.63, 3.8) is 0 Å². The van der Waals surface area contributed by atoms with E-state index in [1.54, 1.807) is 5.57 Å². The maximum atomic E-state index is 6.96. The van der Waals surface area contributed by atoms with Gasteiger partial charge in [-0.3, -0.25) is 0 Å². The lowest BCUT2D eigenvalue weighted by atomic mass is 9.77.